The summed E-state index contributed by atoms with van der Waals surface area (Å²) in [6.45, 7) is 2.05. The van der Waals surface area contributed by atoms with E-state index in [1.165, 1.54) is 29.2 Å². The van der Waals surface area contributed by atoms with E-state index in [0.717, 1.165) is 11.3 Å². The minimum atomic E-state index is -0.252. The van der Waals surface area contributed by atoms with Crippen LogP contribution in [0.2, 0.25) is 5.02 Å². The molecule has 9 heteroatoms. The third-order valence-electron chi connectivity index (χ3n) is 3.64. The molecule has 3 aromatic rings. The highest BCUT2D eigenvalue weighted by Gasteiger charge is 2.10. The summed E-state index contributed by atoms with van der Waals surface area (Å²) in [4.78, 5) is 12.1. The van der Waals surface area contributed by atoms with Gasteiger partial charge in [0.1, 0.15) is 5.82 Å². The fourth-order valence-electron chi connectivity index (χ4n) is 2.26. The van der Waals surface area contributed by atoms with Crippen molar-refractivity contribution in [1.82, 2.24) is 15.1 Å². The molecule has 27 heavy (non-hydrogen) atoms. The van der Waals surface area contributed by atoms with Crippen molar-refractivity contribution >= 4 is 52.8 Å². The van der Waals surface area contributed by atoms with E-state index in [0.29, 0.717) is 25.4 Å². The lowest BCUT2D eigenvalue weighted by Gasteiger charge is -2.06. The highest BCUT2D eigenvalue weighted by molar-refractivity contribution is 8.01. The molecule has 0 saturated heterocycles. The Morgan fingerprint density at radius 1 is 1.33 bits per heavy atom. The second kappa shape index (κ2) is 8.97. The van der Waals surface area contributed by atoms with E-state index in [9.17, 15) is 9.18 Å². The molecule has 1 aromatic heterocycles. The van der Waals surface area contributed by atoms with E-state index in [2.05, 4.69) is 10.4 Å². The molecule has 0 aliphatic carbocycles. The summed E-state index contributed by atoms with van der Waals surface area (Å²) in [7, 11) is 0. The smallest absolute Gasteiger partial charge is 0.230 e. The maximum Gasteiger partial charge on any atom is 0.230 e. The van der Waals surface area contributed by atoms with E-state index in [1.807, 2.05) is 12.1 Å². The monoisotopic (exact) mass is 439 g/mol. The maximum absolute atomic E-state index is 13.3. The van der Waals surface area contributed by atoms with Crippen molar-refractivity contribution in [1.29, 1.82) is 0 Å². The number of thioether (sulfide) groups is 1. The van der Waals surface area contributed by atoms with Crippen LogP contribution in [0.4, 0.5) is 4.39 Å². The van der Waals surface area contributed by atoms with Crippen LogP contribution in [-0.4, -0.2) is 21.4 Å². The number of hydrogen-bond donors (Lipinski definition) is 1. The topological polar surface area (TPSA) is 46.9 Å². The van der Waals surface area contributed by atoms with Gasteiger partial charge in [-0.3, -0.25) is 4.79 Å². The summed E-state index contributed by atoms with van der Waals surface area (Å²) in [6.07, 6.45) is 0. The SMILES string of the molecule is Cc1cc(CNC(=O)CSc2nn(-c3ccc(Cl)cc3)c(=S)s2)ccc1F. The minimum Gasteiger partial charge on any atom is -0.351 e. The van der Waals surface area contributed by atoms with Gasteiger partial charge in [-0.1, -0.05) is 46.8 Å². The molecule has 4 nitrogen and oxygen atoms in total. The molecule has 0 aliphatic heterocycles. The van der Waals surface area contributed by atoms with Gasteiger partial charge in [0.05, 0.1) is 11.4 Å². The van der Waals surface area contributed by atoms with Gasteiger partial charge in [-0.25, -0.2) is 9.07 Å². The summed E-state index contributed by atoms with van der Waals surface area (Å²) in [6, 6.07) is 12.0. The van der Waals surface area contributed by atoms with E-state index < -0.39 is 0 Å². The van der Waals surface area contributed by atoms with Gasteiger partial charge in [0.15, 0.2) is 8.29 Å². The summed E-state index contributed by atoms with van der Waals surface area (Å²) < 4.78 is 16.2. The predicted molar refractivity (Wildman–Crippen MR) is 111 cm³/mol. The summed E-state index contributed by atoms with van der Waals surface area (Å²) >= 11 is 13.9. The normalized spacial score (nSPS) is 10.8. The van der Waals surface area contributed by atoms with E-state index in [-0.39, 0.29) is 17.5 Å². The van der Waals surface area contributed by atoms with Gasteiger partial charge in [0.2, 0.25) is 5.91 Å². The Kier molecular flexibility index (Phi) is 6.64. The molecule has 2 aromatic carbocycles. The number of benzene rings is 2. The van der Waals surface area contributed by atoms with Crippen LogP contribution in [0.3, 0.4) is 0 Å². The van der Waals surface area contributed by atoms with Crippen LogP contribution in [0.1, 0.15) is 11.1 Å². The lowest BCUT2D eigenvalue weighted by molar-refractivity contribution is -0.118. The number of halogens is 2. The number of aromatic nitrogens is 2. The zero-order valence-electron chi connectivity index (χ0n) is 14.2. The van der Waals surface area contributed by atoms with Gasteiger partial charge >= 0.3 is 0 Å². The number of carbonyl (C=O) groups excluding carboxylic acids is 1. The van der Waals surface area contributed by atoms with Gasteiger partial charge < -0.3 is 5.32 Å². The number of nitrogens with zero attached hydrogens (tertiary/aromatic N) is 2. The minimum absolute atomic E-state index is 0.124. The Hall–Kier alpha value is -1.74. The van der Waals surface area contributed by atoms with Crippen molar-refractivity contribution in [2.24, 2.45) is 0 Å². The highest BCUT2D eigenvalue weighted by atomic mass is 35.5. The fraction of sp³-hybridized carbons (Fsp3) is 0.167. The zero-order valence-corrected chi connectivity index (χ0v) is 17.4. The molecule has 0 aliphatic rings. The summed E-state index contributed by atoms with van der Waals surface area (Å²) in [5.41, 5.74) is 2.24. The standard InChI is InChI=1S/C18H15ClFN3OS3/c1-11-8-12(2-7-15(11)20)9-21-16(24)10-26-17-22-23(18(25)27-17)14-5-3-13(19)4-6-14/h2-8H,9-10H2,1H3,(H,21,24). The van der Waals surface area contributed by atoms with Crippen LogP contribution in [-0.2, 0) is 11.3 Å². The van der Waals surface area contributed by atoms with Crippen LogP contribution in [0, 0.1) is 16.7 Å². The first-order valence-corrected chi connectivity index (χ1v) is 10.5. The molecule has 1 amide bonds. The number of rotatable bonds is 6. The molecule has 0 atom stereocenters. The molecule has 0 saturated carbocycles. The lowest BCUT2D eigenvalue weighted by atomic mass is 10.1. The third-order valence-corrected chi connectivity index (χ3v) is 6.26. The molecule has 1 N–H and O–H groups in total. The number of hydrogen-bond acceptors (Lipinski definition) is 5. The molecule has 3 rings (SSSR count). The van der Waals surface area contributed by atoms with Gasteiger partial charge in [0, 0.05) is 11.6 Å². The molecule has 140 valence electrons. The van der Waals surface area contributed by atoms with Crippen LogP contribution in [0.5, 0.6) is 0 Å². The first-order valence-electron chi connectivity index (χ1n) is 7.93. The highest BCUT2D eigenvalue weighted by Crippen LogP contribution is 2.24. The van der Waals surface area contributed by atoms with Gasteiger partial charge in [-0.15, -0.1) is 5.10 Å². The summed E-state index contributed by atoms with van der Waals surface area (Å²) in [5, 5.41) is 7.91. The van der Waals surface area contributed by atoms with Crippen molar-refractivity contribution in [2.75, 3.05) is 5.75 Å². The largest absolute Gasteiger partial charge is 0.351 e. The molecule has 0 spiro atoms. The number of nitrogens with one attached hydrogen (secondary N) is 1. The van der Waals surface area contributed by atoms with Crippen LogP contribution >= 0.6 is 46.9 Å². The molecular weight excluding hydrogens is 425 g/mol. The quantitative estimate of drug-likeness (QED) is 0.425. The molecule has 0 bridgehead atoms. The van der Waals surface area contributed by atoms with Crippen molar-refractivity contribution in [3.8, 4) is 5.69 Å². The molecule has 0 fully saturated rings. The Bertz CT molecular complexity index is 1020. The fourth-order valence-corrected chi connectivity index (χ4v) is 4.58. The van der Waals surface area contributed by atoms with Crippen LogP contribution < -0.4 is 5.32 Å². The Morgan fingerprint density at radius 3 is 2.78 bits per heavy atom. The van der Waals surface area contributed by atoms with E-state index in [1.54, 1.807) is 35.9 Å². The maximum atomic E-state index is 13.3. The van der Waals surface area contributed by atoms with Gasteiger partial charge in [0.25, 0.3) is 0 Å². The van der Waals surface area contributed by atoms with Gasteiger partial charge in [-0.2, -0.15) is 0 Å². The first-order chi connectivity index (χ1) is 12.9. The molecule has 0 unspecified atom stereocenters. The first kappa shape index (κ1) is 20.0. The second-order valence-electron chi connectivity index (χ2n) is 5.67. The Labute approximate surface area is 174 Å². The molecular formula is C18H15ClFN3OS3. The van der Waals surface area contributed by atoms with Crippen molar-refractivity contribution < 1.29 is 9.18 Å². The van der Waals surface area contributed by atoms with Gasteiger partial charge in [-0.05, 0) is 60.6 Å². The number of amides is 1. The number of aryl methyl sites for hydroxylation is 1. The lowest BCUT2D eigenvalue weighted by Crippen LogP contribution is -2.24. The molecule has 0 radical (unpaired) electrons. The number of carbonyl (C=O) groups is 1. The van der Waals surface area contributed by atoms with Crippen LogP contribution in [0.25, 0.3) is 5.69 Å². The Morgan fingerprint density at radius 2 is 2.07 bits per heavy atom. The van der Waals surface area contributed by atoms with E-state index in [4.69, 9.17) is 23.8 Å². The van der Waals surface area contributed by atoms with E-state index >= 15 is 0 Å². The second-order valence-corrected chi connectivity index (χ2v) is 8.95. The van der Waals surface area contributed by atoms with Crippen molar-refractivity contribution in [3.63, 3.8) is 0 Å². The van der Waals surface area contributed by atoms with Crippen molar-refractivity contribution in [3.05, 3.63) is 68.4 Å². The van der Waals surface area contributed by atoms with Crippen LogP contribution in [0.15, 0.2) is 46.8 Å². The zero-order chi connectivity index (χ0) is 19.4. The molecule has 1 heterocycles. The van der Waals surface area contributed by atoms with Crippen molar-refractivity contribution in [2.45, 2.75) is 17.8 Å². The average molecular weight is 440 g/mol. The predicted octanol–water partition coefficient (Wildman–Crippen LogP) is 5.17. The Balaban J connectivity index is 1.56. The summed E-state index contributed by atoms with van der Waals surface area (Å²) in [5.74, 6) is -0.150. The average Bonchev–Trinajstić information content (AvgIpc) is 3.02. The third kappa shape index (κ3) is 5.38.